The minimum absolute atomic E-state index is 0.270. The van der Waals surface area contributed by atoms with Gasteiger partial charge in [0.25, 0.3) is 15.7 Å². The standard InChI is InChI=1S/C17H24F3N3O3S/c1-22(13-7-4-3-5-8-13)11-12-23(2)16(24)14-9-6-10-21-15(14)27(25,26)17(18,19)20/h6,9-10,13H,3-5,7-8,11-12H2,1-2H3. The smallest absolute Gasteiger partial charge is 0.340 e. The van der Waals surface area contributed by atoms with Gasteiger partial charge in [0.1, 0.15) is 0 Å². The second kappa shape index (κ2) is 8.55. The summed E-state index contributed by atoms with van der Waals surface area (Å²) in [6, 6.07) is 2.72. The molecule has 1 aliphatic rings. The van der Waals surface area contributed by atoms with Gasteiger partial charge in [-0.3, -0.25) is 4.79 Å². The fourth-order valence-corrected chi connectivity index (χ4v) is 4.06. The molecule has 0 atom stereocenters. The number of halogens is 3. The predicted molar refractivity (Wildman–Crippen MR) is 93.9 cm³/mol. The van der Waals surface area contributed by atoms with E-state index < -0.39 is 31.8 Å². The van der Waals surface area contributed by atoms with Crippen LogP contribution in [0.1, 0.15) is 42.5 Å². The molecule has 10 heteroatoms. The summed E-state index contributed by atoms with van der Waals surface area (Å²) in [6.07, 6.45) is 6.65. The number of hydrogen-bond acceptors (Lipinski definition) is 5. The second-order valence-corrected chi connectivity index (χ2v) is 8.66. The van der Waals surface area contributed by atoms with Crippen molar-refractivity contribution in [1.82, 2.24) is 14.8 Å². The van der Waals surface area contributed by atoms with Crippen LogP contribution in [-0.2, 0) is 9.84 Å². The number of amides is 1. The number of pyridine rings is 1. The quantitative estimate of drug-likeness (QED) is 0.725. The minimum atomic E-state index is -5.70. The molecule has 1 saturated carbocycles. The summed E-state index contributed by atoms with van der Waals surface area (Å²) in [5.74, 6) is -0.803. The molecule has 1 amide bonds. The van der Waals surface area contributed by atoms with Crippen LogP contribution in [0.2, 0.25) is 0 Å². The monoisotopic (exact) mass is 407 g/mol. The zero-order chi connectivity index (χ0) is 20.2. The number of carbonyl (C=O) groups excluding carboxylic acids is 1. The molecule has 0 aliphatic heterocycles. The van der Waals surface area contributed by atoms with E-state index in [4.69, 9.17) is 0 Å². The number of alkyl halides is 3. The van der Waals surface area contributed by atoms with Gasteiger partial charge in [0, 0.05) is 32.4 Å². The fraction of sp³-hybridized carbons (Fsp3) is 0.647. The molecule has 0 saturated heterocycles. The molecule has 1 fully saturated rings. The summed E-state index contributed by atoms with van der Waals surface area (Å²) in [5.41, 5.74) is -6.09. The molecule has 0 radical (unpaired) electrons. The van der Waals surface area contributed by atoms with Crippen molar-refractivity contribution >= 4 is 15.7 Å². The second-order valence-electron chi connectivity index (χ2n) is 6.80. The van der Waals surface area contributed by atoms with E-state index in [1.807, 2.05) is 7.05 Å². The first-order valence-electron chi connectivity index (χ1n) is 8.77. The molecule has 1 aromatic rings. The minimum Gasteiger partial charge on any atom is -0.340 e. The Labute approximate surface area is 157 Å². The fourth-order valence-electron chi connectivity index (χ4n) is 3.20. The van der Waals surface area contributed by atoms with E-state index in [0.29, 0.717) is 12.6 Å². The summed E-state index contributed by atoms with van der Waals surface area (Å²) in [4.78, 5) is 19.3. The van der Waals surface area contributed by atoms with Crippen LogP contribution < -0.4 is 0 Å². The third kappa shape index (κ3) is 4.98. The first kappa shape index (κ1) is 21.6. The molecule has 0 aromatic carbocycles. The Morgan fingerprint density at radius 2 is 1.81 bits per heavy atom. The first-order chi connectivity index (χ1) is 12.6. The van der Waals surface area contributed by atoms with E-state index in [1.54, 1.807) is 0 Å². The average Bonchev–Trinajstić information content (AvgIpc) is 2.65. The molecule has 0 N–H and O–H groups in total. The highest BCUT2D eigenvalue weighted by Gasteiger charge is 2.49. The molecule has 1 aromatic heterocycles. The number of nitrogens with zero attached hydrogens (tertiary/aromatic N) is 3. The Kier molecular flexibility index (Phi) is 6.85. The van der Waals surface area contributed by atoms with E-state index in [2.05, 4.69) is 9.88 Å². The van der Waals surface area contributed by atoms with Crippen LogP contribution in [0.5, 0.6) is 0 Å². The van der Waals surface area contributed by atoms with Crippen molar-refractivity contribution in [3.63, 3.8) is 0 Å². The van der Waals surface area contributed by atoms with E-state index in [-0.39, 0.29) is 6.54 Å². The van der Waals surface area contributed by atoms with E-state index in [9.17, 15) is 26.4 Å². The number of sulfone groups is 1. The topological polar surface area (TPSA) is 70.6 Å². The third-order valence-electron chi connectivity index (χ3n) is 4.89. The SMILES string of the molecule is CN(CCN(C)C1CCCCC1)C(=O)c1cccnc1S(=O)(=O)C(F)(F)F. The van der Waals surface area contributed by atoms with Crippen LogP contribution in [-0.4, -0.2) is 67.8 Å². The van der Waals surface area contributed by atoms with Crippen molar-refractivity contribution in [2.75, 3.05) is 27.2 Å². The lowest BCUT2D eigenvalue weighted by Crippen LogP contribution is -2.40. The maximum atomic E-state index is 12.9. The van der Waals surface area contributed by atoms with Crippen molar-refractivity contribution < 1.29 is 26.4 Å². The Morgan fingerprint density at radius 1 is 1.19 bits per heavy atom. The van der Waals surface area contributed by atoms with Crippen LogP contribution in [0, 0.1) is 0 Å². The van der Waals surface area contributed by atoms with Crippen molar-refractivity contribution in [3.05, 3.63) is 23.9 Å². The normalized spacial score (nSPS) is 16.5. The highest BCUT2D eigenvalue weighted by atomic mass is 32.2. The van der Waals surface area contributed by atoms with E-state index in [0.717, 1.165) is 37.9 Å². The van der Waals surface area contributed by atoms with Gasteiger partial charge in [0.2, 0.25) is 0 Å². The number of hydrogen-bond donors (Lipinski definition) is 0. The lowest BCUT2D eigenvalue weighted by Gasteiger charge is -2.32. The molecule has 1 heterocycles. The number of likely N-dealkylation sites (N-methyl/N-ethyl adjacent to an activating group) is 2. The molecular weight excluding hydrogens is 383 g/mol. The number of aromatic nitrogens is 1. The van der Waals surface area contributed by atoms with Crippen LogP contribution in [0.4, 0.5) is 13.2 Å². The van der Waals surface area contributed by atoms with E-state index in [1.165, 1.54) is 24.4 Å². The molecule has 1 aliphatic carbocycles. The number of carbonyl (C=O) groups is 1. The zero-order valence-electron chi connectivity index (χ0n) is 15.4. The Morgan fingerprint density at radius 3 is 2.41 bits per heavy atom. The van der Waals surface area contributed by atoms with Crippen molar-refractivity contribution in [2.45, 2.75) is 48.7 Å². The van der Waals surface area contributed by atoms with Gasteiger partial charge in [-0.2, -0.15) is 13.2 Å². The van der Waals surface area contributed by atoms with Gasteiger partial charge in [-0.1, -0.05) is 19.3 Å². The number of rotatable bonds is 6. The van der Waals surface area contributed by atoms with Crippen molar-refractivity contribution in [3.8, 4) is 0 Å². The maximum absolute atomic E-state index is 12.9. The van der Waals surface area contributed by atoms with Gasteiger partial charge in [0.15, 0.2) is 5.03 Å². The third-order valence-corrected chi connectivity index (χ3v) is 6.34. The van der Waals surface area contributed by atoms with Crippen LogP contribution in [0.25, 0.3) is 0 Å². The van der Waals surface area contributed by atoms with Gasteiger partial charge in [-0.15, -0.1) is 0 Å². The van der Waals surface area contributed by atoms with Crippen molar-refractivity contribution in [1.29, 1.82) is 0 Å². The summed E-state index contributed by atoms with van der Waals surface area (Å²) in [7, 11) is -2.31. The van der Waals surface area contributed by atoms with Gasteiger partial charge in [-0.05, 0) is 32.0 Å². The Hall–Kier alpha value is -1.68. The summed E-state index contributed by atoms with van der Waals surface area (Å²) in [6.45, 7) is 0.820. The zero-order valence-corrected chi connectivity index (χ0v) is 16.2. The van der Waals surface area contributed by atoms with Crippen LogP contribution in [0.3, 0.4) is 0 Å². The highest BCUT2D eigenvalue weighted by molar-refractivity contribution is 7.92. The largest absolute Gasteiger partial charge is 0.503 e. The molecule has 152 valence electrons. The van der Waals surface area contributed by atoms with Gasteiger partial charge in [-0.25, -0.2) is 13.4 Å². The Bertz CT molecular complexity index is 762. The lowest BCUT2D eigenvalue weighted by molar-refractivity contribution is -0.0438. The van der Waals surface area contributed by atoms with E-state index >= 15 is 0 Å². The molecule has 6 nitrogen and oxygen atoms in total. The molecule has 2 rings (SSSR count). The summed E-state index contributed by atoms with van der Waals surface area (Å²) < 4.78 is 62.0. The van der Waals surface area contributed by atoms with Gasteiger partial charge in [0.05, 0.1) is 5.56 Å². The Balaban J connectivity index is 2.11. The lowest BCUT2D eigenvalue weighted by atomic mass is 9.94. The van der Waals surface area contributed by atoms with Crippen molar-refractivity contribution in [2.24, 2.45) is 0 Å². The predicted octanol–water partition coefficient (Wildman–Crippen LogP) is 2.71. The molecular formula is C17H24F3N3O3S. The van der Waals surface area contributed by atoms with Gasteiger partial charge >= 0.3 is 5.51 Å². The molecule has 27 heavy (non-hydrogen) atoms. The summed E-state index contributed by atoms with van der Waals surface area (Å²) in [5, 5.41) is -1.25. The molecule has 0 spiro atoms. The average molecular weight is 407 g/mol. The summed E-state index contributed by atoms with van der Waals surface area (Å²) >= 11 is 0. The van der Waals surface area contributed by atoms with Crippen LogP contribution in [0.15, 0.2) is 23.4 Å². The molecule has 0 unspecified atom stereocenters. The van der Waals surface area contributed by atoms with Gasteiger partial charge < -0.3 is 9.80 Å². The molecule has 0 bridgehead atoms. The highest BCUT2D eigenvalue weighted by Crippen LogP contribution is 2.31. The van der Waals surface area contributed by atoms with Crippen LogP contribution >= 0.6 is 0 Å². The first-order valence-corrected chi connectivity index (χ1v) is 10.3. The maximum Gasteiger partial charge on any atom is 0.503 e.